The third-order valence-electron chi connectivity index (χ3n) is 5.22. The minimum Gasteiger partial charge on any atom is -0.331 e. The number of hydrogen-bond donors (Lipinski definition) is 1. The van der Waals surface area contributed by atoms with Gasteiger partial charge in [-0.3, -0.25) is 14.0 Å². The highest BCUT2D eigenvalue weighted by Crippen LogP contribution is 2.24. The Morgan fingerprint density at radius 1 is 1.09 bits per heavy atom. The topological polar surface area (TPSA) is 81.3 Å². The first-order valence-electron chi connectivity index (χ1n) is 10.1. The lowest BCUT2D eigenvalue weighted by molar-refractivity contribution is -0.115. The smallest absolute Gasteiger partial charge is 0.230 e. The van der Waals surface area contributed by atoms with Crippen molar-refractivity contribution in [3.8, 4) is 11.3 Å². The van der Waals surface area contributed by atoms with Gasteiger partial charge in [0.15, 0.2) is 10.8 Å². The van der Waals surface area contributed by atoms with Crippen molar-refractivity contribution in [2.75, 3.05) is 5.32 Å². The zero-order valence-corrected chi connectivity index (χ0v) is 18.3. The Kier molecular flexibility index (Phi) is 5.31. The number of carbonyl (C=O) groups is 2. The maximum absolute atomic E-state index is 13.2. The molecule has 0 aliphatic carbocycles. The van der Waals surface area contributed by atoms with Crippen LogP contribution < -0.4 is 5.32 Å². The Balaban J connectivity index is 1.27. The van der Waals surface area contributed by atoms with E-state index in [9.17, 15) is 14.0 Å². The quantitative estimate of drug-likeness (QED) is 0.383. The molecule has 0 unspecified atom stereocenters. The third kappa shape index (κ3) is 4.18. The number of aryl methyl sites for hydroxylation is 1. The molecule has 0 bridgehead atoms. The van der Waals surface area contributed by atoms with Gasteiger partial charge in [-0.1, -0.05) is 0 Å². The fourth-order valence-corrected chi connectivity index (χ4v) is 4.38. The van der Waals surface area contributed by atoms with Crippen LogP contribution in [0, 0.1) is 5.82 Å². The number of halogens is 1. The molecular formula is C24H18FN5O2S. The molecule has 3 aromatic heterocycles. The number of anilines is 1. The first-order chi connectivity index (χ1) is 16.0. The number of rotatable bonds is 6. The van der Waals surface area contributed by atoms with E-state index in [-0.39, 0.29) is 23.9 Å². The lowest BCUT2D eigenvalue weighted by Gasteiger charge is -2.06. The number of ketones is 1. The van der Waals surface area contributed by atoms with Crippen LogP contribution in [0.5, 0.6) is 0 Å². The average molecular weight is 460 g/mol. The van der Waals surface area contributed by atoms with Gasteiger partial charge in [0.05, 0.1) is 12.1 Å². The molecule has 0 fully saturated rings. The van der Waals surface area contributed by atoms with Crippen LogP contribution >= 0.6 is 11.3 Å². The molecule has 2 aromatic carbocycles. The monoisotopic (exact) mass is 459 g/mol. The molecule has 1 amide bonds. The number of benzene rings is 2. The molecule has 164 valence electrons. The standard InChI is InChI=1S/C24H18FN5O2S/c1-29-11-10-26-23(29)22(32)16-4-8-18(9-5-16)27-21(31)12-19-14-33-24-28-20(13-30(19)24)15-2-6-17(25)7-3-15/h2-11,13-14H,12H2,1H3,(H,27,31). The number of thiazole rings is 1. The fraction of sp³-hybridized carbons (Fsp3) is 0.0833. The van der Waals surface area contributed by atoms with Crippen LogP contribution in [-0.2, 0) is 18.3 Å². The van der Waals surface area contributed by atoms with Crippen LogP contribution in [0.2, 0.25) is 0 Å². The predicted octanol–water partition coefficient (Wildman–Crippen LogP) is 4.35. The molecular weight excluding hydrogens is 441 g/mol. The minimum absolute atomic E-state index is 0.160. The van der Waals surface area contributed by atoms with E-state index in [4.69, 9.17) is 0 Å². The Labute approximate surface area is 192 Å². The molecule has 3 heterocycles. The van der Waals surface area contributed by atoms with E-state index in [1.165, 1.54) is 23.5 Å². The van der Waals surface area contributed by atoms with Crippen molar-refractivity contribution in [3.63, 3.8) is 0 Å². The van der Waals surface area contributed by atoms with Crippen molar-refractivity contribution in [1.82, 2.24) is 18.9 Å². The van der Waals surface area contributed by atoms with Crippen molar-refractivity contribution < 1.29 is 14.0 Å². The predicted molar refractivity (Wildman–Crippen MR) is 124 cm³/mol. The van der Waals surface area contributed by atoms with Gasteiger partial charge in [0.25, 0.3) is 0 Å². The van der Waals surface area contributed by atoms with Gasteiger partial charge in [-0.25, -0.2) is 14.4 Å². The molecule has 33 heavy (non-hydrogen) atoms. The summed E-state index contributed by atoms with van der Waals surface area (Å²) < 4.78 is 16.7. The van der Waals surface area contributed by atoms with Crippen LogP contribution in [0.1, 0.15) is 21.9 Å². The summed E-state index contributed by atoms with van der Waals surface area (Å²) in [6, 6.07) is 12.9. The van der Waals surface area contributed by atoms with Gasteiger partial charge in [-0.15, -0.1) is 11.3 Å². The van der Waals surface area contributed by atoms with E-state index in [2.05, 4.69) is 15.3 Å². The number of imidazole rings is 2. The van der Waals surface area contributed by atoms with E-state index in [1.54, 1.807) is 60.4 Å². The largest absolute Gasteiger partial charge is 0.331 e. The summed E-state index contributed by atoms with van der Waals surface area (Å²) in [6.45, 7) is 0. The summed E-state index contributed by atoms with van der Waals surface area (Å²) in [4.78, 5) is 34.5. The Bertz CT molecular complexity index is 1470. The number of nitrogens with one attached hydrogen (secondary N) is 1. The van der Waals surface area contributed by atoms with E-state index >= 15 is 0 Å². The van der Waals surface area contributed by atoms with Crippen molar-refractivity contribution in [3.05, 3.63) is 95.4 Å². The first-order valence-corrected chi connectivity index (χ1v) is 11.0. The van der Waals surface area contributed by atoms with Crippen LogP contribution in [-0.4, -0.2) is 30.6 Å². The zero-order chi connectivity index (χ0) is 22.9. The number of hydrogen-bond acceptors (Lipinski definition) is 5. The van der Waals surface area contributed by atoms with Crippen LogP contribution in [0.4, 0.5) is 10.1 Å². The van der Waals surface area contributed by atoms with E-state index in [0.717, 1.165) is 21.9 Å². The molecule has 5 rings (SSSR count). The Morgan fingerprint density at radius 2 is 1.85 bits per heavy atom. The lowest BCUT2D eigenvalue weighted by atomic mass is 10.1. The second-order valence-electron chi connectivity index (χ2n) is 7.51. The van der Waals surface area contributed by atoms with Gasteiger partial charge in [-0.05, 0) is 48.5 Å². The summed E-state index contributed by atoms with van der Waals surface area (Å²) in [5, 5.41) is 4.75. The number of amides is 1. The molecule has 0 saturated carbocycles. The van der Waals surface area contributed by atoms with Gasteiger partial charge in [-0.2, -0.15) is 0 Å². The van der Waals surface area contributed by atoms with E-state index in [0.29, 0.717) is 17.1 Å². The molecule has 0 saturated heterocycles. The van der Waals surface area contributed by atoms with Gasteiger partial charge in [0.1, 0.15) is 5.82 Å². The average Bonchev–Trinajstić information content (AvgIpc) is 3.51. The van der Waals surface area contributed by atoms with Crippen LogP contribution in [0.3, 0.4) is 0 Å². The van der Waals surface area contributed by atoms with E-state index in [1.807, 2.05) is 16.0 Å². The summed E-state index contributed by atoms with van der Waals surface area (Å²) in [5.41, 5.74) is 3.42. The molecule has 0 spiro atoms. The van der Waals surface area contributed by atoms with Crippen molar-refractivity contribution in [2.24, 2.45) is 7.05 Å². The summed E-state index contributed by atoms with van der Waals surface area (Å²) in [5.74, 6) is -0.312. The second kappa shape index (κ2) is 8.44. The van der Waals surface area contributed by atoms with Crippen molar-refractivity contribution in [1.29, 1.82) is 0 Å². The third-order valence-corrected chi connectivity index (χ3v) is 6.11. The minimum atomic E-state index is -0.300. The molecule has 0 aliphatic rings. The number of fused-ring (bicyclic) bond motifs is 1. The Morgan fingerprint density at radius 3 is 2.55 bits per heavy atom. The molecule has 7 nitrogen and oxygen atoms in total. The fourth-order valence-electron chi connectivity index (χ4n) is 3.50. The highest BCUT2D eigenvalue weighted by atomic mass is 32.1. The highest BCUT2D eigenvalue weighted by Gasteiger charge is 2.15. The second-order valence-corrected chi connectivity index (χ2v) is 8.34. The van der Waals surface area contributed by atoms with Crippen molar-refractivity contribution in [2.45, 2.75) is 6.42 Å². The molecule has 1 N–H and O–H groups in total. The summed E-state index contributed by atoms with van der Waals surface area (Å²) in [6.07, 6.45) is 5.30. The van der Waals surface area contributed by atoms with Crippen molar-refractivity contribution >= 4 is 33.7 Å². The highest BCUT2D eigenvalue weighted by molar-refractivity contribution is 7.15. The number of aromatic nitrogens is 4. The molecule has 0 radical (unpaired) electrons. The molecule has 9 heteroatoms. The number of nitrogens with zero attached hydrogens (tertiary/aromatic N) is 4. The lowest BCUT2D eigenvalue weighted by Crippen LogP contribution is -2.15. The Hall–Kier alpha value is -4.11. The zero-order valence-electron chi connectivity index (χ0n) is 17.5. The maximum Gasteiger partial charge on any atom is 0.230 e. The summed E-state index contributed by atoms with van der Waals surface area (Å²) >= 11 is 1.44. The van der Waals surface area contributed by atoms with Crippen LogP contribution in [0.15, 0.2) is 72.5 Å². The maximum atomic E-state index is 13.2. The number of carbonyl (C=O) groups excluding carboxylic acids is 2. The normalized spacial score (nSPS) is 11.1. The SMILES string of the molecule is Cn1ccnc1C(=O)c1ccc(NC(=O)Cc2csc3nc(-c4ccc(F)cc4)cn23)cc1. The first kappa shape index (κ1) is 20.8. The van der Waals surface area contributed by atoms with Gasteiger partial charge >= 0.3 is 0 Å². The molecule has 0 aliphatic heterocycles. The van der Waals surface area contributed by atoms with Gasteiger partial charge in [0.2, 0.25) is 11.7 Å². The van der Waals surface area contributed by atoms with Crippen LogP contribution in [0.25, 0.3) is 16.2 Å². The van der Waals surface area contributed by atoms with Gasteiger partial charge in [0, 0.05) is 53.5 Å². The summed E-state index contributed by atoms with van der Waals surface area (Å²) in [7, 11) is 1.76. The van der Waals surface area contributed by atoms with E-state index < -0.39 is 0 Å². The molecule has 0 atom stereocenters. The van der Waals surface area contributed by atoms with Gasteiger partial charge < -0.3 is 9.88 Å². The molecule has 5 aromatic rings.